The number of carbonyl (C=O) groups excluding carboxylic acids is 1. The third-order valence-electron chi connectivity index (χ3n) is 4.84. The highest BCUT2D eigenvalue weighted by Crippen LogP contribution is 2.28. The summed E-state index contributed by atoms with van der Waals surface area (Å²) in [5.74, 6) is 0.871. The minimum Gasteiger partial charge on any atom is -0.361 e. The van der Waals surface area contributed by atoms with Gasteiger partial charge >= 0.3 is 0 Å². The van der Waals surface area contributed by atoms with Gasteiger partial charge in [-0.2, -0.15) is 0 Å². The molecule has 29 heavy (non-hydrogen) atoms. The Balaban J connectivity index is 1.71. The molecule has 0 saturated carbocycles. The van der Waals surface area contributed by atoms with Crippen LogP contribution in [-0.2, 0) is 11.2 Å². The fourth-order valence-corrected chi connectivity index (χ4v) is 4.17. The molecule has 5 nitrogen and oxygen atoms in total. The Hall–Kier alpha value is -2.67. The molecule has 0 spiro atoms. The van der Waals surface area contributed by atoms with Gasteiger partial charge in [-0.05, 0) is 37.6 Å². The SMILES string of the molecule is Cc1noc(C)c1CSc1ncccc1C(=O)NCC(C)(C)c1ccccc1F. The third-order valence-corrected chi connectivity index (χ3v) is 5.88. The van der Waals surface area contributed by atoms with Gasteiger partial charge in [0.25, 0.3) is 5.91 Å². The number of hydrogen-bond donors (Lipinski definition) is 1. The molecule has 0 aliphatic heterocycles. The predicted octanol–water partition coefficient (Wildman–Crippen LogP) is 4.83. The second-order valence-electron chi connectivity index (χ2n) is 7.49. The highest BCUT2D eigenvalue weighted by atomic mass is 32.2. The number of nitrogens with one attached hydrogen (secondary N) is 1. The zero-order valence-corrected chi connectivity index (χ0v) is 17.8. The molecule has 7 heteroatoms. The topological polar surface area (TPSA) is 68.0 Å². The van der Waals surface area contributed by atoms with E-state index in [-0.39, 0.29) is 11.7 Å². The zero-order valence-electron chi connectivity index (χ0n) is 17.0. The first-order chi connectivity index (χ1) is 13.8. The van der Waals surface area contributed by atoms with Crippen molar-refractivity contribution in [3.05, 3.63) is 76.6 Å². The van der Waals surface area contributed by atoms with Crippen LogP contribution in [0.25, 0.3) is 0 Å². The number of thioether (sulfide) groups is 1. The van der Waals surface area contributed by atoms with Crippen LogP contribution in [0.4, 0.5) is 4.39 Å². The maximum absolute atomic E-state index is 14.2. The van der Waals surface area contributed by atoms with E-state index in [0.29, 0.717) is 28.5 Å². The summed E-state index contributed by atoms with van der Waals surface area (Å²) in [5.41, 5.74) is 2.36. The molecule has 1 N–H and O–H groups in total. The molecule has 152 valence electrons. The van der Waals surface area contributed by atoms with E-state index in [4.69, 9.17) is 4.52 Å². The zero-order chi connectivity index (χ0) is 21.0. The number of halogens is 1. The maximum atomic E-state index is 14.2. The molecule has 0 bridgehead atoms. The smallest absolute Gasteiger partial charge is 0.254 e. The van der Waals surface area contributed by atoms with Gasteiger partial charge in [-0.25, -0.2) is 9.37 Å². The average Bonchev–Trinajstić information content (AvgIpc) is 3.02. The first-order valence-electron chi connectivity index (χ1n) is 9.32. The lowest BCUT2D eigenvalue weighted by molar-refractivity contribution is 0.0941. The van der Waals surface area contributed by atoms with E-state index in [1.807, 2.05) is 27.7 Å². The van der Waals surface area contributed by atoms with Gasteiger partial charge in [0, 0.05) is 29.5 Å². The Labute approximate surface area is 174 Å². The van der Waals surface area contributed by atoms with Crippen molar-refractivity contribution in [1.29, 1.82) is 0 Å². The van der Waals surface area contributed by atoms with E-state index >= 15 is 0 Å². The molecule has 1 amide bonds. The van der Waals surface area contributed by atoms with Gasteiger partial charge in [0.1, 0.15) is 16.6 Å². The lowest BCUT2D eigenvalue weighted by Gasteiger charge is -2.26. The second-order valence-corrected chi connectivity index (χ2v) is 8.46. The lowest BCUT2D eigenvalue weighted by atomic mass is 9.84. The van der Waals surface area contributed by atoms with Crippen LogP contribution in [0.15, 0.2) is 52.1 Å². The van der Waals surface area contributed by atoms with Crippen LogP contribution in [0.1, 0.15) is 46.8 Å². The molecule has 3 aromatic rings. The molecule has 3 rings (SSSR count). The van der Waals surface area contributed by atoms with Crippen molar-refractivity contribution in [2.75, 3.05) is 6.54 Å². The van der Waals surface area contributed by atoms with Crippen molar-refractivity contribution in [1.82, 2.24) is 15.5 Å². The summed E-state index contributed by atoms with van der Waals surface area (Å²) in [6, 6.07) is 10.1. The fraction of sp³-hybridized carbons (Fsp3) is 0.318. The summed E-state index contributed by atoms with van der Waals surface area (Å²) < 4.78 is 19.4. The van der Waals surface area contributed by atoms with Gasteiger partial charge in [0.15, 0.2) is 0 Å². The number of aromatic nitrogens is 2. The molecule has 0 aliphatic rings. The van der Waals surface area contributed by atoms with E-state index in [1.165, 1.54) is 17.8 Å². The fourth-order valence-electron chi connectivity index (χ4n) is 3.03. The number of rotatable bonds is 7. The van der Waals surface area contributed by atoms with Crippen LogP contribution in [0.2, 0.25) is 0 Å². The van der Waals surface area contributed by atoms with Gasteiger partial charge in [0.05, 0.1) is 11.3 Å². The quantitative estimate of drug-likeness (QED) is 0.562. The van der Waals surface area contributed by atoms with Gasteiger partial charge < -0.3 is 9.84 Å². The Bertz CT molecular complexity index is 997. The van der Waals surface area contributed by atoms with Gasteiger partial charge in [-0.1, -0.05) is 37.2 Å². The largest absolute Gasteiger partial charge is 0.361 e. The molecule has 2 aromatic heterocycles. The van der Waals surface area contributed by atoms with Crippen LogP contribution >= 0.6 is 11.8 Å². The van der Waals surface area contributed by atoms with Gasteiger partial charge in [0.2, 0.25) is 0 Å². The molecular formula is C22H24FN3O2S. The molecule has 1 aromatic carbocycles. The van der Waals surface area contributed by atoms with Crippen molar-refractivity contribution in [2.24, 2.45) is 0 Å². The Morgan fingerprint density at radius 2 is 1.97 bits per heavy atom. The molecule has 2 heterocycles. The average molecular weight is 414 g/mol. The summed E-state index contributed by atoms with van der Waals surface area (Å²) in [6.07, 6.45) is 1.66. The molecular weight excluding hydrogens is 389 g/mol. The standard InChI is InChI=1S/C22H24FN3O2S/c1-14-17(15(2)28-26-14)12-29-21-16(8-7-11-24-21)20(27)25-13-22(3,4)18-9-5-6-10-19(18)23/h5-11H,12-13H2,1-4H3,(H,25,27). The van der Waals surface area contributed by atoms with E-state index in [9.17, 15) is 9.18 Å². The van der Waals surface area contributed by atoms with Crippen molar-refractivity contribution in [3.63, 3.8) is 0 Å². The number of pyridine rings is 1. The molecule has 0 aliphatic carbocycles. The first-order valence-corrected chi connectivity index (χ1v) is 10.3. The van der Waals surface area contributed by atoms with Gasteiger partial charge in [-0.3, -0.25) is 4.79 Å². The Morgan fingerprint density at radius 3 is 2.66 bits per heavy atom. The molecule has 0 radical (unpaired) electrons. The van der Waals surface area contributed by atoms with Crippen LogP contribution in [0.5, 0.6) is 0 Å². The molecule has 0 unspecified atom stereocenters. The minimum atomic E-state index is -0.548. The summed E-state index contributed by atoms with van der Waals surface area (Å²) in [6.45, 7) is 7.87. The highest BCUT2D eigenvalue weighted by Gasteiger charge is 2.25. The van der Waals surface area contributed by atoms with E-state index in [0.717, 1.165) is 17.0 Å². The van der Waals surface area contributed by atoms with Crippen molar-refractivity contribution in [2.45, 2.75) is 43.9 Å². The van der Waals surface area contributed by atoms with Crippen molar-refractivity contribution < 1.29 is 13.7 Å². The Morgan fingerprint density at radius 1 is 1.21 bits per heavy atom. The van der Waals surface area contributed by atoms with Crippen molar-refractivity contribution >= 4 is 17.7 Å². The summed E-state index contributed by atoms with van der Waals surface area (Å²) >= 11 is 1.46. The number of aryl methyl sites for hydroxylation is 2. The predicted molar refractivity (Wildman–Crippen MR) is 112 cm³/mol. The number of benzene rings is 1. The monoisotopic (exact) mass is 413 g/mol. The first kappa shape index (κ1) is 21.0. The van der Waals surface area contributed by atoms with Crippen LogP contribution in [0, 0.1) is 19.7 Å². The maximum Gasteiger partial charge on any atom is 0.254 e. The number of amides is 1. The highest BCUT2D eigenvalue weighted by molar-refractivity contribution is 7.98. The van der Waals surface area contributed by atoms with E-state index < -0.39 is 5.41 Å². The van der Waals surface area contributed by atoms with Crippen molar-refractivity contribution in [3.8, 4) is 0 Å². The summed E-state index contributed by atoms with van der Waals surface area (Å²) in [7, 11) is 0. The third kappa shape index (κ3) is 4.85. The van der Waals surface area contributed by atoms with Crippen LogP contribution in [-0.4, -0.2) is 22.6 Å². The molecule has 0 saturated heterocycles. The van der Waals surface area contributed by atoms with Crippen LogP contribution in [0.3, 0.4) is 0 Å². The number of carbonyl (C=O) groups is 1. The normalized spacial score (nSPS) is 11.5. The summed E-state index contributed by atoms with van der Waals surface area (Å²) in [5, 5.41) is 7.52. The second kappa shape index (κ2) is 8.78. The molecule has 0 atom stereocenters. The number of hydrogen-bond acceptors (Lipinski definition) is 5. The molecule has 0 fully saturated rings. The van der Waals surface area contributed by atoms with E-state index in [1.54, 1.807) is 36.5 Å². The minimum absolute atomic E-state index is 0.233. The van der Waals surface area contributed by atoms with Crippen LogP contribution < -0.4 is 5.32 Å². The van der Waals surface area contributed by atoms with E-state index in [2.05, 4.69) is 15.5 Å². The summed E-state index contributed by atoms with van der Waals surface area (Å²) in [4.78, 5) is 17.2. The Kier molecular flexibility index (Phi) is 6.37. The lowest BCUT2D eigenvalue weighted by Crippen LogP contribution is -2.37. The number of nitrogens with zero attached hydrogens (tertiary/aromatic N) is 2. The van der Waals surface area contributed by atoms with Gasteiger partial charge in [-0.15, -0.1) is 11.8 Å².